The van der Waals surface area contributed by atoms with Crippen molar-refractivity contribution in [1.82, 2.24) is 10.6 Å². The van der Waals surface area contributed by atoms with Crippen LogP contribution in [0.4, 0.5) is 33.7 Å². The van der Waals surface area contributed by atoms with Crippen molar-refractivity contribution < 1.29 is 27.2 Å². The lowest BCUT2D eigenvalue weighted by Crippen LogP contribution is -2.38. The second-order valence-corrected chi connectivity index (χ2v) is 7.14. The highest BCUT2D eigenvalue weighted by Gasteiger charge is 2.30. The van der Waals surface area contributed by atoms with Gasteiger partial charge in [0.05, 0.1) is 11.3 Å². The minimum Gasteiger partial charge on any atom is -0.365 e. The minimum absolute atomic E-state index is 0.133. The average molecular weight is 422 g/mol. The van der Waals surface area contributed by atoms with Crippen LogP contribution in [0.1, 0.15) is 16.8 Å². The summed E-state index contributed by atoms with van der Waals surface area (Å²) in [4.78, 5) is 26.9. The molecule has 2 aliphatic heterocycles. The van der Waals surface area contributed by atoms with Crippen LogP contribution in [-0.2, 0) is 0 Å². The Morgan fingerprint density at radius 2 is 1.77 bits per heavy atom. The van der Waals surface area contributed by atoms with Crippen molar-refractivity contribution in [3.05, 3.63) is 59.2 Å². The van der Waals surface area contributed by atoms with Gasteiger partial charge < -0.3 is 15.5 Å². The third-order valence-electron chi connectivity index (χ3n) is 5.21. The molecule has 2 aromatic carbocycles. The Morgan fingerprint density at radius 3 is 2.43 bits per heavy atom. The van der Waals surface area contributed by atoms with E-state index >= 15 is 0 Å². The van der Waals surface area contributed by atoms with Gasteiger partial charge in [-0.3, -0.25) is 9.69 Å². The van der Waals surface area contributed by atoms with E-state index < -0.39 is 46.8 Å². The Kier molecular flexibility index (Phi) is 5.23. The molecular weight excluding hydrogens is 404 g/mol. The summed E-state index contributed by atoms with van der Waals surface area (Å²) in [6, 6.07) is 4.09. The monoisotopic (exact) mass is 422 g/mol. The third-order valence-corrected chi connectivity index (χ3v) is 5.21. The number of carbonyl (C=O) groups excluding carboxylic acids is 2. The van der Waals surface area contributed by atoms with Crippen LogP contribution in [0.2, 0.25) is 0 Å². The van der Waals surface area contributed by atoms with E-state index in [1.807, 2.05) is 0 Å². The normalized spacial score (nSPS) is 18.7. The Bertz CT molecular complexity index is 996. The molecule has 0 saturated carbocycles. The predicted octanol–water partition coefficient (Wildman–Crippen LogP) is 2.78. The number of urea groups is 1. The molecule has 2 heterocycles. The molecule has 2 N–H and O–H groups in total. The standard InChI is InChI=1S/C20H18F4N4O2/c21-13-2-1-3-14(22)18(13)27-6-4-11(10-27)26-19(29)12-8-17(16(24)9-15(12)23)28-7-5-25-20(28)30/h1-3,8-9,11H,4-7,10H2,(H,25,30)(H,26,29). The van der Waals surface area contributed by atoms with E-state index in [-0.39, 0.29) is 24.5 Å². The number of para-hydroxylation sites is 1. The van der Waals surface area contributed by atoms with Gasteiger partial charge in [0.2, 0.25) is 0 Å². The van der Waals surface area contributed by atoms with Crippen molar-refractivity contribution in [3.63, 3.8) is 0 Å². The highest BCUT2D eigenvalue weighted by atomic mass is 19.1. The molecule has 2 fully saturated rings. The zero-order valence-electron chi connectivity index (χ0n) is 15.7. The maximum absolute atomic E-state index is 14.3. The van der Waals surface area contributed by atoms with Gasteiger partial charge in [0.1, 0.15) is 29.0 Å². The molecule has 0 radical (unpaired) electrons. The first-order chi connectivity index (χ1) is 14.3. The first-order valence-electron chi connectivity index (χ1n) is 9.39. The smallest absolute Gasteiger partial charge is 0.322 e. The fraction of sp³-hybridized carbons (Fsp3) is 0.300. The summed E-state index contributed by atoms with van der Waals surface area (Å²) in [6.07, 6.45) is 0.393. The van der Waals surface area contributed by atoms with Crippen molar-refractivity contribution >= 4 is 23.3 Å². The van der Waals surface area contributed by atoms with E-state index in [1.54, 1.807) is 0 Å². The molecule has 2 aromatic rings. The zero-order chi connectivity index (χ0) is 21.4. The molecule has 0 aromatic heterocycles. The topological polar surface area (TPSA) is 64.7 Å². The number of amides is 3. The van der Waals surface area contributed by atoms with Crippen LogP contribution in [0, 0.1) is 23.3 Å². The lowest BCUT2D eigenvalue weighted by molar-refractivity contribution is 0.0936. The van der Waals surface area contributed by atoms with Gasteiger partial charge in [-0.1, -0.05) is 6.07 Å². The molecule has 10 heteroatoms. The Balaban J connectivity index is 1.50. The van der Waals surface area contributed by atoms with Gasteiger partial charge in [-0.15, -0.1) is 0 Å². The number of benzene rings is 2. The van der Waals surface area contributed by atoms with E-state index in [2.05, 4.69) is 10.6 Å². The number of nitrogens with zero attached hydrogens (tertiary/aromatic N) is 2. The molecule has 3 amide bonds. The molecule has 4 rings (SSSR count). The highest BCUT2D eigenvalue weighted by molar-refractivity contribution is 5.99. The van der Waals surface area contributed by atoms with Gasteiger partial charge in [0, 0.05) is 38.3 Å². The Labute approximate surface area is 169 Å². The summed E-state index contributed by atoms with van der Waals surface area (Å²) < 4.78 is 56.4. The lowest BCUT2D eigenvalue weighted by atomic mass is 10.1. The van der Waals surface area contributed by atoms with Crippen LogP contribution < -0.4 is 20.4 Å². The van der Waals surface area contributed by atoms with Gasteiger partial charge in [-0.25, -0.2) is 22.4 Å². The SMILES string of the molecule is O=C(NC1CCN(c2c(F)cccc2F)C1)c1cc(N2CCNC2=O)c(F)cc1F. The zero-order valence-corrected chi connectivity index (χ0v) is 15.7. The summed E-state index contributed by atoms with van der Waals surface area (Å²) >= 11 is 0. The second-order valence-electron chi connectivity index (χ2n) is 7.14. The van der Waals surface area contributed by atoms with Gasteiger partial charge in [-0.05, 0) is 24.6 Å². The summed E-state index contributed by atoms with van der Waals surface area (Å²) in [5.74, 6) is -4.24. The van der Waals surface area contributed by atoms with Crippen LogP contribution in [0.25, 0.3) is 0 Å². The molecule has 0 aliphatic carbocycles. The number of hydrogen-bond acceptors (Lipinski definition) is 3. The summed E-state index contributed by atoms with van der Waals surface area (Å²) in [6.45, 7) is 0.928. The largest absolute Gasteiger partial charge is 0.365 e. The van der Waals surface area contributed by atoms with Gasteiger partial charge >= 0.3 is 6.03 Å². The average Bonchev–Trinajstić information content (AvgIpc) is 3.31. The molecule has 0 bridgehead atoms. The number of halogens is 4. The second kappa shape index (κ2) is 7.85. The fourth-order valence-corrected chi connectivity index (χ4v) is 3.76. The van der Waals surface area contributed by atoms with E-state index in [0.717, 1.165) is 23.1 Å². The van der Waals surface area contributed by atoms with E-state index in [9.17, 15) is 27.2 Å². The maximum atomic E-state index is 14.3. The molecule has 158 valence electrons. The van der Waals surface area contributed by atoms with Crippen molar-refractivity contribution in [2.45, 2.75) is 12.5 Å². The Morgan fingerprint density at radius 1 is 1.03 bits per heavy atom. The predicted molar refractivity (Wildman–Crippen MR) is 102 cm³/mol. The number of rotatable bonds is 4. The first-order valence-corrected chi connectivity index (χ1v) is 9.39. The maximum Gasteiger partial charge on any atom is 0.322 e. The molecule has 6 nitrogen and oxygen atoms in total. The molecule has 1 unspecified atom stereocenters. The molecule has 2 aliphatic rings. The van der Waals surface area contributed by atoms with E-state index in [1.165, 1.54) is 11.0 Å². The van der Waals surface area contributed by atoms with Crippen molar-refractivity contribution in [2.24, 2.45) is 0 Å². The number of anilines is 2. The minimum atomic E-state index is -1.07. The summed E-state index contributed by atoms with van der Waals surface area (Å²) in [5, 5.41) is 5.12. The fourth-order valence-electron chi connectivity index (χ4n) is 3.76. The third kappa shape index (κ3) is 3.64. The van der Waals surface area contributed by atoms with Crippen molar-refractivity contribution in [1.29, 1.82) is 0 Å². The first kappa shape index (κ1) is 20.0. The molecular formula is C20H18F4N4O2. The number of carbonyl (C=O) groups is 2. The summed E-state index contributed by atoms with van der Waals surface area (Å²) in [7, 11) is 0. The van der Waals surface area contributed by atoms with Crippen molar-refractivity contribution in [3.8, 4) is 0 Å². The van der Waals surface area contributed by atoms with Crippen LogP contribution in [0.15, 0.2) is 30.3 Å². The quantitative estimate of drug-likeness (QED) is 0.745. The van der Waals surface area contributed by atoms with Gasteiger partial charge in [0.15, 0.2) is 0 Å². The van der Waals surface area contributed by atoms with Crippen LogP contribution in [0.3, 0.4) is 0 Å². The molecule has 30 heavy (non-hydrogen) atoms. The van der Waals surface area contributed by atoms with Gasteiger partial charge in [-0.2, -0.15) is 0 Å². The van der Waals surface area contributed by atoms with Crippen LogP contribution >= 0.6 is 0 Å². The number of nitrogens with one attached hydrogen (secondary N) is 2. The van der Waals surface area contributed by atoms with Gasteiger partial charge in [0.25, 0.3) is 5.91 Å². The summed E-state index contributed by atoms with van der Waals surface area (Å²) in [5.41, 5.74) is -0.788. The number of hydrogen-bond donors (Lipinski definition) is 2. The van der Waals surface area contributed by atoms with E-state index in [4.69, 9.17) is 0 Å². The molecule has 1 atom stereocenters. The van der Waals surface area contributed by atoms with E-state index in [0.29, 0.717) is 25.6 Å². The highest BCUT2D eigenvalue weighted by Crippen LogP contribution is 2.28. The van der Waals surface area contributed by atoms with Crippen molar-refractivity contribution in [2.75, 3.05) is 36.0 Å². The Hall–Kier alpha value is -3.30. The van der Waals surface area contributed by atoms with Crippen LogP contribution in [-0.4, -0.2) is 44.2 Å². The van der Waals surface area contributed by atoms with Crippen LogP contribution in [0.5, 0.6) is 0 Å². The molecule has 2 saturated heterocycles. The molecule has 0 spiro atoms. The lowest BCUT2D eigenvalue weighted by Gasteiger charge is -2.20.